The number of piperazine rings is 1. The number of hydrogen-bond donors (Lipinski definition) is 1. The summed E-state index contributed by atoms with van der Waals surface area (Å²) >= 11 is 0. The Bertz CT molecular complexity index is 1020. The van der Waals surface area contributed by atoms with Crippen LogP contribution in [0.4, 0.5) is 16.6 Å². The number of ether oxygens (including phenoxy) is 2. The molecule has 1 aromatic carbocycles. The summed E-state index contributed by atoms with van der Waals surface area (Å²) in [5.74, 6) is 1.11. The SMILES string of the molecule is C=CCN1CCN(C(CCOC)c2ccc([C@H](C)Nc3ncc4c(n3)N(CC)C(=O)OC4)cc2)CC1. The predicted octanol–water partition coefficient (Wildman–Crippen LogP) is 4.01. The molecule has 1 amide bonds. The van der Waals surface area contributed by atoms with Crippen LogP contribution in [-0.4, -0.2) is 78.8 Å². The fourth-order valence-electron chi connectivity index (χ4n) is 4.90. The third-order valence-electron chi connectivity index (χ3n) is 6.98. The van der Waals surface area contributed by atoms with Gasteiger partial charge in [0.1, 0.15) is 12.4 Å². The number of hydrogen-bond acceptors (Lipinski definition) is 8. The van der Waals surface area contributed by atoms with Gasteiger partial charge in [-0.3, -0.25) is 14.7 Å². The van der Waals surface area contributed by atoms with Crippen LogP contribution in [0.1, 0.15) is 49.0 Å². The summed E-state index contributed by atoms with van der Waals surface area (Å²) in [5, 5.41) is 3.39. The van der Waals surface area contributed by atoms with E-state index in [4.69, 9.17) is 9.47 Å². The quantitative estimate of drug-likeness (QED) is 0.469. The molecule has 0 radical (unpaired) electrons. The summed E-state index contributed by atoms with van der Waals surface area (Å²) in [6, 6.07) is 9.14. The standard InChI is InChI=1S/C27H38N6O3/c1-5-12-31-13-15-32(16-14-31)24(11-17-35-4)22-9-7-21(8-10-22)20(3)29-26-28-18-23-19-36-27(34)33(6-2)25(23)30-26/h5,7-10,18,20,24H,1,6,11-17,19H2,2-4H3,(H,28,29,30)/t20-,24?/m0/s1. The minimum absolute atomic E-state index is 0.00240. The average molecular weight is 495 g/mol. The number of benzene rings is 1. The van der Waals surface area contributed by atoms with Gasteiger partial charge < -0.3 is 14.8 Å². The maximum atomic E-state index is 12.1. The monoisotopic (exact) mass is 494 g/mol. The first-order chi connectivity index (χ1) is 17.5. The van der Waals surface area contributed by atoms with Crippen LogP contribution in [0.15, 0.2) is 43.1 Å². The molecule has 2 aliphatic heterocycles. The second-order valence-electron chi connectivity index (χ2n) is 9.30. The van der Waals surface area contributed by atoms with Gasteiger partial charge in [-0.05, 0) is 31.4 Å². The van der Waals surface area contributed by atoms with Crippen LogP contribution in [-0.2, 0) is 16.1 Å². The average Bonchev–Trinajstić information content (AvgIpc) is 2.90. The number of anilines is 2. The van der Waals surface area contributed by atoms with Crippen LogP contribution < -0.4 is 10.2 Å². The van der Waals surface area contributed by atoms with Crippen molar-refractivity contribution in [2.75, 3.05) is 63.2 Å². The van der Waals surface area contributed by atoms with E-state index in [1.807, 2.05) is 13.0 Å². The summed E-state index contributed by atoms with van der Waals surface area (Å²) in [4.78, 5) is 27.7. The second kappa shape index (κ2) is 12.3. The van der Waals surface area contributed by atoms with Gasteiger partial charge in [0.25, 0.3) is 0 Å². The fourth-order valence-corrected chi connectivity index (χ4v) is 4.90. The zero-order valence-corrected chi connectivity index (χ0v) is 21.7. The van der Waals surface area contributed by atoms with Crippen molar-refractivity contribution in [2.24, 2.45) is 0 Å². The number of methoxy groups -OCH3 is 1. The summed E-state index contributed by atoms with van der Waals surface area (Å²) in [7, 11) is 1.76. The van der Waals surface area contributed by atoms with E-state index >= 15 is 0 Å². The lowest BCUT2D eigenvalue weighted by Gasteiger charge is -2.39. The molecule has 3 heterocycles. The second-order valence-corrected chi connectivity index (χ2v) is 9.30. The molecule has 1 aromatic heterocycles. The molecule has 36 heavy (non-hydrogen) atoms. The highest BCUT2D eigenvalue weighted by Crippen LogP contribution is 2.29. The van der Waals surface area contributed by atoms with Gasteiger partial charge >= 0.3 is 6.09 Å². The smallest absolute Gasteiger partial charge is 0.415 e. The van der Waals surface area contributed by atoms with E-state index in [1.54, 1.807) is 13.3 Å². The molecule has 2 aliphatic rings. The van der Waals surface area contributed by atoms with E-state index in [2.05, 4.69) is 62.9 Å². The van der Waals surface area contributed by atoms with Crippen molar-refractivity contribution < 1.29 is 14.3 Å². The van der Waals surface area contributed by atoms with Gasteiger partial charge in [-0.2, -0.15) is 4.98 Å². The molecule has 194 valence electrons. The third-order valence-corrected chi connectivity index (χ3v) is 6.98. The zero-order chi connectivity index (χ0) is 25.5. The lowest BCUT2D eigenvalue weighted by atomic mass is 9.98. The Morgan fingerprint density at radius 3 is 2.58 bits per heavy atom. The molecule has 2 atom stereocenters. The molecule has 9 heteroatoms. The third kappa shape index (κ3) is 6.03. The van der Waals surface area contributed by atoms with E-state index < -0.39 is 0 Å². The van der Waals surface area contributed by atoms with Gasteiger partial charge in [-0.15, -0.1) is 6.58 Å². The summed E-state index contributed by atoms with van der Waals surface area (Å²) in [6.45, 7) is 14.4. The first kappa shape index (κ1) is 26.1. The van der Waals surface area contributed by atoms with E-state index in [-0.39, 0.29) is 18.7 Å². The number of rotatable bonds is 11. The van der Waals surface area contributed by atoms with Crippen molar-refractivity contribution in [3.63, 3.8) is 0 Å². The summed E-state index contributed by atoms with van der Waals surface area (Å²) < 4.78 is 10.6. The van der Waals surface area contributed by atoms with Crippen molar-refractivity contribution in [3.8, 4) is 0 Å². The topological polar surface area (TPSA) is 83.1 Å². The number of carbonyl (C=O) groups excluding carboxylic acids is 1. The van der Waals surface area contributed by atoms with Crippen LogP contribution >= 0.6 is 0 Å². The molecule has 0 spiro atoms. The predicted molar refractivity (Wildman–Crippen MR) is 141 cm³/mol. The normalized spacial score (nSPS) is 18.3. The molecule has 0 bridgehead atoms. The zero-order valence-electron chi connectivity index (χ0n) is 21.7. The van der Waals surface area contributed by atoms with Gasteiger partial charge in [0.2, 0.25) is 5.95 Å². The fraction of sp³-hybridized carbons (Fsp3) is 0.519. The van der Waals surface area contributed by atoms with Crippen LogP contribution in [0.25, 0.3) is 0 Å². The maximum absolute atomic E-state index is 12.1. The number of fused-ring (bicyclic) bond motifs is 1. The van der Waals surface area contributed by atoms with Gasteiger partial charge in [0.15, 0.2) is 0 Å². The van der Waals surface area contributed by atoms with Crippen molar-refractivity contribution in [1.29, 1.82) is 0 Å². The van der Waals surface area contributed by atoms with E-state index in [0.29, 0.717) is 24.4 Å². The van der Waals surface area contributed by atoms with Crippen molar-refractivity contribution in [2.45, 2.75) is 39.0 Å². The lowest BCUT2D eigenvalue weighted by molar-refractivity contribution is 0.0803. The maximum Gasteiger partial charge on any atom is 0.415 e. The molecule has 4 rings (SSSR count). The summed E-state index contributed by atoms with van der Waals surface area (Å²) in [6.07, 6.45) is 4.30. The Balaban J connectivity index is 1.44. The van der Waals surface area contributed by atoms with Crippen LogP contribution in [0.3, 0.4) is 0 Å². The Kier molecular flexibility index (Phi) is 8.90. The van der Waals surface area contributed by atoms with E-state index in [0.717, 1.165) is 56.9 Å². The highest BCUT2D eigenvalue weighted by atomic mass is 16.6. The largest absolute Gasteiger partial charge is 0.444 e. The molecular weight excluding hydrogens is 456 g/mol. The molecule has 0 aliphatic carbocycles. The minimum Gasteiger partial charge on any atom is -0.444 e. The number of cyclic esters (lactones) is 1. The lowest BCUT2D eigenvalue weighted by Crippen LogP contribution is -2.47. The van der Waals surface area contributed by atoms with E-state index in [1.165, 1.54) is 10.5 Å². The van der Waals surface area contributed by atoms with Crippen molar-refractivity contribution >= 4 is 17.9 Å². The number of amides is 1. The van der Waals surface area contributed by atoms with Gasteiger partial charge in [-0.25, -0.2) is 9.78 Å². The van der Waals surface area contributed by atoms with Gasteiger partial charge in [0.05, 0.1) is 11.6 Å². The molecule has 9 nitrogen and oxygen atoms in total. The van der Waals surface area contributed by atoms with E-state index in [9.17, 15) is 4.79 Å². The van der Waals surface area contributed by atoms with Crippen molar-refractivity contribution in [3.05, 3.63) is 59.8 Å². The Morgan fingerprint density at radius 2 is 1.92 bits per heavy atom. The molecular formula is C27H38N6O3. The molecule has 1 N–H and O–H groups in total. The van der Waals surface area contributed by atoms with Crippen LogP contribution in [0.2, 0.25) is 0 Å². The highest BCUT2D eigenvalue weighted by molar-refractivity contribution is 5.89. The first-order valence-electron chi connectivity index (χ1n) is 12.8. The molecule has 1 fully saturated rings. The molecule has 0 saturated carbocycles. The molecule has 1 unspecified atom stereocenters. The molecule has 1 saturated heterocycles. The highest BCUT2D eigenvalue weighted by Gasteiger charge is 2.27. The summed E-state index contributed by atoms with van der Waals surface area (Å²) in [5.41, 5.74) is 3.27. The Labute approximate surface area is 214 Å². The number of carbonyl (C=O) groups is 1. The Morgan fingerprint density at radius 1 is 1.19 bits per heavy atom. The van der Waals surface area contributed by atoms with Crippen molar-refractivity contribution in [1.82, 2.24) is 19.8 Å². The van der Waals surface area contributed by atoms with Crippen LogP contribution in [0.5, 0.6) is 0 Å². The number of nitrogens with zero attached hydrogens (tertiary/aromatic N) is 5. The number of aromatic nitrogens is 2. The Hall–Kier alpha value is -3.01. The van der Waals surface area contributed by atoms with Crippen LogP contribution in [0, 0.1) is 0 Å². The molecule has 2 aromatic rings. The minimum atomic E-state index is -0.372. The van der Waals surface area contributed by atoms with Gasteiger partial charge in [-0.1, -0.05) is 30.3 Å². The van der Waals surface area contributed by atoms with Gasteiger partial charge in [0, 0.05) is 65.2 Å². The first-order valence-corrected chi connectivity index (χ1v) is 12.8. The number of nitrogens with one attached hydrogen (secondary N) is 1.